The largest absolute Gasteiger partial charge is 0.356 e. The van der Waals surface area contributed by atoms with E-state index in [1.54, 1.807) is 0 Å². The number of hydrogen-bond donors (Lipinski definition) is 0. The van der Waals surface area contributed by atoms with Crippen LogP contribution in [0.5, 0.6) is 0 Å². The third kappa shape index (κ3) is 3.62. The van der Waals surface area contributed by atoms with Crippen molar-refractivity contribution in [3.63, 3.8) is 0 Å². The molecular formula is C20H26ClN2O. The molecule has 129 valence electrons. The van der Waals surface area contributed by atoms with Crippen LogP contribution in [0.4, 0.5) is 0 Å². The fourth-order valence-corrected chi connectivity index (χ4v) is 4.47. The summed E-state index contributed by atoms with van der Waals surface area (Å²) in [7, 11) is 0. The number of likely N-dealkylation sites (tertiary alicyclic amines) is 1. The van der Waals surface area contributed by atoms with Gasteiger partial charge in [-0.2, -0.15) is 0 Å². The second-order valence-electron chi connectivity index (χ2n) is 7.42. The monoisotopic (exact) mass is 345 g/mol. The second-order valence-corrected chi connectivity index (χ2v) is 7.86. The van der Waals surface area contributed by atoms with Crippen molar-refractivity contribution in [1.29, 1.82) is 0 Å². The van der Waals surface area contributed by atoms with Crippen molar-refractivity contribution in [3.05, 3.63) is 35.3 Å². The number of piperidine rings is 1. The highest BCUT2D eigenvalue weighted by molar-refractivity contribution is 6.31. The lowest BCUT2D eigenvalue weighted by Gasteiger charge is -2.32. The molecule has 2 heterocycles. The molecule has 24 heavy (non-hydrogen) atoms. The Kier molecular flexibility index (Phi) is 5.09. The molecule has 0 unspecified atom stereocenters. The van der Waals surface area contributed by atoms with Gasteiger partial charge in [0.15, 0.2) is 5.58 Å². The van der Waals surface area contributed by atoms with E-state index in [0.29, 0.717) is 10.9 Å². The third-order valence-electron chi connectivity index (χ3n) is 5.85. The van der Waals surface area contributed by atoms with Crippen LogP contribution in [-0.2, 0) is 0 Å². The van der Waals surface area contributed by atoms with Gasteiger partial charge in [-0.15, -0.1) is 0 Å². The number of aromatic nitrogens is 1. The van der Waals surface area contributed by atoms with Crippen LogP contribution in [0.1, 0.15) is 56.6 Å². The molecular weight excluding hydrogens is 320 g/mol. The van der Waals surface area contributed by atoms with Gasteiger partial charge in [0.1, 0.15) is 0 Å². The summed E-state index contributed by atoms with van der Waals surface area (Å²) in [5.74, 6) is 1.48. The average molecular weight is 346 g/mol. The number of rotatable bonds is 4. The normalized spacial score (nSPS) is 21.5. The summed E-state index contributed by atoms with van der Waals surface area (Å²) < 4.78 is 5.49. The minimum atomic E-state index is 0.521. The molecule has 0 atom stereocenters. The Bertz CT molecular complexity index is 669. The molecule has 1 radical (unpaired) electrons. The van der Waals surface area contributed by atoms with Crippen molar-refractivity contribution in [1.82, 2.24) is 10.1 Å². The first-order valence-corrected chi connectivity index (χ1v) is 9.76. The third-order valence-corrected chi connectivity index (χ3v) is 6.08. The van der Waals surface area contributed by atoms with Crippen molar-refractivity contribution in [2.75, 3.05) is 19.6 Å². The standard InChI is InChI=1S/C20H26ClN2O/c21-17-6-7-18-19(14-17)24-22-20(18)16-9-12-23(13-10-16)11-8-15-4-2-1-3-5-15/h1,6-7,14-16H,2-5,8-13H2. The zero-order valence-electron chi connectivity index (χ0n) is 14.2. The SMILES string of the molecule is Clc1ccc2c(C3CCN(CCC4CC[CH]CC4)CC3)noc2c1. The Balaban J connectivity index is 1.32. The number of halogens is 1. The topological polar surface area (TPSA) is 29.3 Å². The van der Waals surface area contributed by atoms with Gasteiger partial charge in [0, 0.05) is 22.4 Å². The summed E-state index contributed by atoms with van der Waals surface area (Å²) in [5.41, 5.74) is 1.94. The van der Waals surface area contributed by atoms with Crippen LogP contribution in [0.25, 0.3) is 11.0 Å². The second kappa shape index (κ2) is 7.45. The summed E-state index contributed by atoms with van der Waals surface area (Å²) in [5, 5.41) is 6.19. The molecule has 1 aromatic carbocycles. The Morgan fingerprint density at radius 3 is 2.71 bits per heavy atom. The summed E-state index contributed by atoms with van der Waals surface area (Å²) in [6, 6.07) is 5.85. The molecule has 0 N–H and O–H groups in total. The molecule has 0 spiro atoms. The molecule has 1 saturated heterocycles. The first-order valence-electron chi connectivity index (χ1n) is 9.38. The molecule has 0 amide bonds. The maximum Gasteiger partial charge on any atom is 0.168 e. The maximum atomic E-state index is 6.04. The minimum Gasteiger partial charge on any atom is -0.356 e. The molecule has 2 aromatic rings. The van der Waals surface area contributed by atoms with E-state index in [2.05, 4.69) is 22.5 Å². The highest BCUT2D eigenvalue weighted by Gasteiger charge is 2.25. The van der Waals surface area contributed by atoms with Crippen LogP contribution in [0.15, 0.2) is 22.7 Å². The van der Waals surface area contributed by atoms with Crippen LogP contribution in [-0.4, -0.2) is 29.7 Å². The van der Waals surface area contributed by atoms with Gasteiger partial charge in [0.2, 0.25) is 0 Å². The van der Waals surface area contributed by atoms with Crippen molar-refractivity contribution in [2.45, 2.75) is 50.9 Å². The lowest BCUT2D eigenvalue weighted by atomic mass is 9.86. The highest BCUT2D eigenvalue weighted by Crippen LogP contribution is 2.34. The Morgan fingerprint density at radius 2 is 1.92 bits per heavy atom. The number of hydrogen-bond acceptors (Lipinski definition) is 3. The summed E-state index contributed by atoms with van der Waals surface area (Å²) in [6.45, 7) is 3.64. The summed E-state index contributed by atoms with van der Waals surface area (Å²) in [6.07, 6.45) is 11.7. The van der Waals surface area contributed by atoms with E-state index in [1.807, 2.05) is 12.1 Å². The van der Waals surface area contributed by atoms with E-state index in [1.165, 1.54) is 64.6 Å². The molecule has 0 bridgehead atoms. The van der Waals surface area contributed by atoms with Crippen molar-refractivity contribution in [3.8, 4) is 0 Å². The lowest BCUT2D eigenvalue weighted by molar-refractivity contribution is 0.190. The quantitative estimate of drug-likeness (QED) is 0.738. The number of benzene rings is 1. The molecule has 1 aromatic heterocycles. The van der Waals surface area contributed by atoms with Gasteiger partial charge in [-0.05, 0) is 76.2 Å². The van der Waals surface area contributed by atoms with E-state index in [0.717, 1.165) is 22.6 Å². The van der Waals surface area contributed by atoms with E-state index < -0.39 is 0 Å². The average Bonchev–Trinajstić information content (AvgIpc) is 3.04. The van der Waals surface area contributed by atoms with Gasteiger partial charge < -0.3 is 9.42 Å². The summed E-state index contributed by atoms with van der Waals surface area (Å²) in [4.78, 5) is 2.65. The Labute approximate surface area is 149 Å². The molecule has 1 aliphatic carbocycles. The molecule has 3 nitrogen and oxygen atoms in total. The van der Waals surface area contributed by atoms with E-state index in [9.17, 15) is 0 Å². The molecule has 2 aliphatic rings. The summed E-state index contributed by atoms with van der Waals surface area (Å²) >= 11 is 6.04. The van der Waals surface area contributed by atoms with Crippen LogP contribution >= 0.6 is 11.6 Å². The molecule has 4 rings (SSSR count). The minimum absolute atomic E-state index is 0.521. The number of nitrogens with zero attached hydrogens (tertiary/aromatic N) is 2. The lowest BCUT2D eigenvalue weighted by Crippen LogP contribution is -2.34. The fraction of sp³-hybridized carbons (Fsp3) is 0.600. The van der Waals surface area contributed by atoms with Crippen LogP contribution in [0.3, 0.4) is 0 Å². The van der Waals surface area contributed by atoms with Gasteiger partial charge in [-0.3, -0.25) is 0 Å². The predicted molar refractivity (Wildman–Crippen MR) is 98.3 cm³/mol. The van der Waals surface area contributed by atoms with Crippen molar-refractivity contribution >= 4 is 22.6 Å². The van der Waals surface area contributed by atoms with Crippen molar-refractivity contribution in [2.24, 2.45) is 5.92 Å². The van der Waals surface area contributed by atoms with Gasteiger partial charge in [-0.1, -0.05) is 29.6 Å². The molecule has 2 fully saturated rings. The molecule has 1 saturated carbocycles. The first kappa shape index (κ1) is 16.4. The van der Waals surface area contributed by atoms with Crippen LogP contribution < -0.4 is 0 Å². The van der Waals surface area contributed by atoms with Gasteiger partial charge in [0.05, 0.1) is 5.69 Å². The molecule has 1 aliphatic heterocycles. The smallest absolute Gasteiger partial charge is 0.168 e. The van der Waals surface area contributed by atoms with E-state index in [-0.39, 0.29) is 0 Å². The van der Waals surface area contributed by atoms with Crippen LogP contribution in [0, 0.1) is 12.3 Å². The van der Waals surface area contributed by atoms with E-state index >= 15 is 0 Å². The van der Waals surface area contributed by atoms with E-state index in [4.69, 9.17) is 16.1 Å². The van der Waals surface area contributed by atoms with Gasteiger partial charge in [-0.25, -0.2) is 0 Å². The Morgan fingerprint density at radius 1 is 1.12 bits per heavy atom. The molecule has 4 heteroatoms. The van der Waals surface area contributed by atoms with Gasteiger partial charge in [0.25, 0.3) is 0 Å². The highest BCUT2D eigenvalue weighted by atomic mass is 35.5. The number of fused-ring (bicyclic) bond motifs is 1. The van der Waals surface area contributed by atoms with Crippen molar-refractivity contribution < 1.29 is 4.52 Å². The zero-order chi connectivity index (χ0) is 16.4. The fourth-order valence-electron chi connectivity index (χ4n) is 4.30. The Hall–Kier alpha value is -1.06. The first-order chi connectivity index (χ1) is 11.8. The van der Waals surface area contributed by atoms with Gasteiger partial charge >= 0.3 is 0 Å². The van der Waals surface area contributed by atoms with Crippen LogP contribution in [0.2, 0.25) is 5.02 Å². The maximum absolute atomic E-state index is 6.04. The zero-order valence-corrected chi connectivity index (χ0v) is 15.0. The predicted octanol–water partition coefficient (Wildman–Crippen LogP) is 5.45.